The molecule has 168 valence electrons. The van der Waals surface area contributed by atoms with Gasteiger partial charge in [-0.3, -0.25) is 5.10 Å². The third kappa shape index (κ3) is 4.16. The van der Waals surface area contributed by atoms with Gasteiger partial charge in [0, 0.05) is 29.5 Å². The largest absolute Gasteiger partial charge is 0.390 e. The third-order valence-corrected chi connectivity index (χ3v) is 7.07. The van der Waals surface area contributed by atoms with Crippen LogP contribution in [-0.2, 0) is 11.3 Å². The zero-order chi connectivity index (χ0) is 20.0. The Morgan fingerprint density at radius 2 is 1.97 bits per heavy atom. The fraction of sp³-hybridized carbons (Fsp3) is 0.500. The van der Waals surface area contributed by atoms with Crippen molar-refractivity contribution >= 4 is 43.7 Å². The molecule has 9 heteroatoms. The van der Waals surface area contributed by atoms with Crippen molar-refractivity contribution < 1.29 is 9.84 Å². The van der Waals surface area contributed by atoms with Gasteiger partial charge in [-0.2, -0.15) is 32.1 Å². The number of aliphatic hydroxyl groups excluding tert-OH is 1. The molecule has 5 rings (SSSR count). The van der Waals surface area contributed by atoms with Crippen LogP contribution in [0.15, 0.2) is 30.6 Å². The molecular weight excluding hydrogens is 430 g/mol. The highest BCUT2D eigenvalue weighted by Crippen LogP contribution is 2.46. The van der Waals surface area contributed by atoms with Gasteiger partial charge in [0.25, 0.3) is 0 Å². The Bertz CT molecular complexity index is 1040. The van der Waals surface area contributed by atoms with Crippen LogP contribution in [0.4, 0.5) is 5.82 Å². The number of benzene rings is 1. The molecule has 2 aliphatic heterocycles. The molecule has 2 saturated heterocycles. The first-order valence-corrected chi connectivity index (χ1v) is 10.4. The summed E-state index contributed by atoms with van der Waals surface area (Å²) in [4.78, 5) is 11.7. The highest BCUT2D eigenvalue weighted by molar-refractivity contribution is 7.59. The Labute approximate surface area is 196 Å². The van der Waals surface area contributed by atoms with Crippen LogP contribution in [0.5, 0.6) is 0 Å². The van der Waals surface area contributed by atoms with Gasteiger partial charge in [-0.05, 0) is 37.8 Å². The summed E-state index contributed by atoms with van der Waals surface area (Å²) in [5.41, 5.74) is 3.64. The molecule has 4 heterocycles. The van der Waals surface area contributed by atoms with Crippen LogP contribution in [0.3, 0.4) is 0 Å². The second kappa shape index (κ2) is 9.36. The van der Waals surface area contributed by atoms with E-state index in [4.69, 9.17) is 14.7 Å². The first-order valence-electron chi connectivity index (χ1n) is 10.4. The number of hydrogen-bond donors (Lipinski definition) is 2. The summed E-state index contributed by atoms with van der Waals surface area (Å²) in [5, 5.41) is 18.0. The van der Waals surface area contributed by atoms with E-state index in [1.54, 1.807) is 6.20 Å². The standard InChI is InChI=1S/C22H27N5O2.2H2S/c1-14-15(2)29-13-22(14)5-7-27(8-6-22)21-20(12-28)25-19(11-23-21)16-3-4-18-17(9-16)10-24-26-18;;/h3-4,9-11,14-15,28H,5-8,12-13H2,1-2H3,(H,24,26);2*1H2/t14-,15+;;/m1../s1. The van der Waals surface area contributed by atoms with Crippen molar-refractivity contribution in [1.29, 1.82) is 0 Å². The SMILES string of the molecule is C[C@@H]1OCC2(CCN(c3ncc(-c4ccc5[nH]ncc5c4)nc3CO)CC2)[C@@H]1C.S.S. The molecule has 7 nitrogen and oxygen atoms in total. The molecule has 1 spiro atoms. The number of anilines is 1. The molecule has 0 amide bonds. The number of ether oxygens (including phenoxy) is 1. The van der Waals surface area contributed by atoms with Gasteiger partial charge < -0.3 is 14.7 Å². The molecule has 2 aliphatic rings. The van der Waals surface area contributed by atoms with Crippen LogP contribution < -0.4 is 4.90 Å². The van der Waals surface area contributed by atoms with Gasteiger partial charge in [0.05, 0.1) is 42.9 Å². The zero-order valence-corrected chi connectivity index (χ0v) is 19.9. The minimum Gasteiger partial charge on any atom is -0.390 e. The molecule has 0 saturated carbocycles. The molecule has 2 fully saturated rings. The summed E-state index contributed by atoms with van der Waals surface area (Å²) in [7, 11) is 0. The average Bonchev–Trinajstić information content (AvgIpc) is 3.34. The average molecular weight is 462 g/mol. The summed E-state index contributed by atoms with van der Waals surface area (Å²) < 4.78 is 5.94. The number of aromatic nitrogens is 4. The maximum absolute atomic E-state index is 9.98. The van der Waals surface area contributed by atoms with Crippen molar-refractivity contribution in [3.63, 3.8) is 0 Å². The molecule has 2 aromatic heterocycles. The van der Waals surface area contributed by atoms with Crippen molar-refractivity contribution in [2.45, 2.75) is 39.4 Å². The van der Waals surface area contributed by atoms with Crippen LogP contribution in [0.2, 0.25) is 0 Å². The van der Waals surface area contributed by atoms with E-state index < -0.39 is 0 Å². The number of aromatic amines is 1. The van der Waals surface area contributed by atoms with E-state index in [9.17, 15) is 5.11 Å². The summed E-state index contributed by atoms with van der Waals surface area (Å²) in [5.74, 6) is 1.38. The third-order valence-electron chi connectivity index (χ3n) is 7.07. The molecular formula is C22H31N5O2S2. The van der Waals surface area contributed by atoms with Gasteiger partial charge in [-0.15, -0.1) is 0 Å². The summed E-state index contributed by atoms with van der Waals surface area (Å²) in [6.07, 6.45) is 6.12. The van der Waals surface area contributed by atoms with Crippen LogP contribution in [-0.4, -0.2) is 51.1 Å². The Balaban J connectivity index is 0.00000136. The minimum atomic E-state index is -0.123. The number of H-pyrrole nitrogens is 1. The van der Waals surface area contributed by atoms with E-state index in [2.05, 4.69) is 28.9 Å². The Hall–Kier alpha value is -1.81. The lowest BCUT2D eigenvalue weighted by Gasteiger charge is -2.42. The van der Waals surface area contributed by atoms with Crippen LogP contribution in [0.1, 0.15) is 32.4 Å². The van der Waals surface area contributed by atoms with Gasteiger partial charge in [-0.25, -0.2) is 9.97 Å². The van der Waals surface area contributed by atoms with E-state index in [1.165, 1.54) is 0 Å². The minimum absolute atomic E-state index is 0. The molecule has 1 aromatic carbocycles. The fourth-order valence-electron chi connectivity index (χ4n) is 4.87. The fourth-order valence-corrected chi connectivity index (χ4v) is 4.87. The normalized spacial score (nSPS) is 22.4. The van der Waals surface area contributed by atoms with Crippen LogP contribution in [0.25, 0.3) is 22.2 Å². The molecule has 2 atom stereocenters. The van der Waals surface area contributed by atoms with Gasteiger partial charge in [-0.1, -0.05) is 13.0 Å². The topological polar surface area (TPSA) is 87.2 Å². The van der Waals surface area contributed by atoms with Crippen molar-refractivity contribution in [3.8, 4) is 11.3 Å². The maximum Gasteiger partial charge on any atom is 0.152 e. The molecule has 3 aromatic rings. The second-order valence-electron chi connectivity index (χ2n) is 8.51. The number of hydrogen-bond acceptors (Lipinski definition) is 6. The highest BCUT2D eigenvalue weighted by atomic mass is 32.1. The van der Waals surface area contributed by atoms with E-state index >= 15 is 0 Å². The van der Waals surface area contributed by atoms with Crippen molar-refractivity contribution in [1.82, 2.24) is 20.2 Å². The van der Waals surface area contributed by atoms with E-state index in [1.807, 2.05) is 24.4 Å². The zero-order valence-electron chi connectivity index (χ0n) is 17.9. The number of aliphatic hydroxyl groups is 1. The Kier molecular flexibility index (Phi) is 7.20. The molecule has 0 radical (unpaired) electrons. The van der Waals surface area contributed by atoms with E-state index in [0.29, 0.717) is 17.7 Å². The van der Waals surface area contributed by atoms with Crippen molar-refractivity contribution in [2.75, 3.05) is 24.6 Å². The molecule has 2 N–H and O–H groups in total. The number of fused-ring (bicyclic) bond motifs is 1. The predicted octanol–water partition coefficient (Wildman–Crippen LogP) is 3.38. The molecule has 0 bridgehead atoms. The Morgan fingerprint density at radius 1 is 1.19 bits per heavy atom. The van der Waals surface area contributed by atoms with Crippen molar-refractivity contribution in [3.05, 3.63) is 36.3 Å². The van der Waals surface area contributed by atoms with Crippen LogP contribution >= 0.6 is 27.0 Å². The van der Waals surface area contributed by atoms with Crippen LogP contribution in [0, 0.1) is 11.3 Å². The monoisotopic (exact) mass is 461 g/mol. The second-order valence-corrected chi connectivity index (χ2v) is 8.51. The lowest BCUT2D eigenvalue weighted by molar-refractivity contribution is 0.0969. The molecule has 31 heavy (non-hydrogen) atoms. The Morgan fingerprint density at radius 3 is 2.65 bits per heavy atom. The number of nitrogens with one attached hydrogen (secondary N) is 1. The number of nitrogens with zero attached hydrogens (tertiary/aromatic N) is 4. The van der Waals surface area contributed by atoms with Crippen molar-refractivity contribution in [2.24, 2.45) is 11.3 Å². The number of piperidine rings is 1. The summed E-state index contributed by atoms with van der Waals surface area (Å²) >= 11 is 0. The molecule has 0 unspecified atom stereocenters. The molecule has 0 aliphatic carbocycles. The van der Waals surface area contributed by atoms with E-state index in [-0.39, 0.29) is 39.0 Å². The number of rotatable bonds is 3. The first kappa shape index (κ1) is 23.8. The first-order chi connectivity index (χ1) is 14.1. The maximum atomic E-state index is 9.98. The smallest absolute Gasteiger partial charge is 0.152 e. The summed E-state index contributed by atoms with van der Waals surface area (Å²) in [6.45, 7) is 7.07. The predicted molar refractivity (Wildman–Crippen MR) is 132 cm³/mol. The van der Waals surface area contributed by atoms with Gasteiger partial charge in [0.2, 0.25) is 0 Å². The van der Waals surface area contributed by atoms with Gasteiger partial charge in [0.15, 0.2) is 5.82 Å². The summed E-state index contributed by atoms with van der Waals surface area (Å²) in [6, 6.07) is 6.03. The quantitative estimate of drug-likeness (QED) is 0.622. The van der Waals surface area contributed by atoms with E-state index in [0.717, 1.165) is 60.5 Å². The van der Waals surface area contributed by atoms with Gasteiger partial charge in [0.1, 0.15) is 5.69 Å². The van der Waals surface area contributed by atoms with Gasteiger partial charge >= 0.3 is 0 Å². The lowest BCUT2D eigenvalue weighted by atomic mass is 9.70. The highest BCUT2D eigenvalue weighted by Gasteiger charge is 2.47. The lowest BCUT2D eigenvalue weighted by Crippen LogP contribution is -2.44.